The molecule has 0 spiro atoms. The van der Waals surface area contributed by atoms with Gasteiger partial charge in [-0.1, -0.05) is 0 Å². The zero-order valence-corrected chi connectivity index (χ0v) is 22.4. The first-order valence-electron chi connectivity index (χ1n) is 12.6. The van der Waals surface area contributed by atoms with E-state index >= 15 is 0 Å². The molecule has 12 heteroatoms. The van der Waals surface area contributed by atoms with Crippen LogP contribution in [0.3, 0.4) is 0 Å². The third kappa shape index (κ3) is 3.59. The van der Waals surface area contributed by atoms with Gasteiger partial charge in [-0.25, -0.2) is 14.4 Å². The molecule has 0 saturated carbocycles. The second kappa shape index (κ2) is 9.04. The first-order valence-corrected chi connectivity index (χ1v) is 14.0. The summed E-state index contributed by atoms with van der Waals surface area (Å²) in [5.41, 5.74) is 10.3. The van der Waals surface area contributed by atoms with Crippen LogP contribution < -0.4 is 15.9 Å². The van der Waals surface area contributed by atoms with Crippen molar-refractivity contribution in [1.29, 1.82) is 5.26 Å². The molecule has 38 heavy (non-hydrogen) atoms. The number of aliphatic hydroxyl groups is 1. The number of halogens is 1. The predicted octanol–water partition coefficient (Wildman–Crippen LogP) is 2.68. The van der Waals surface area contributed by atoms with E-state index in [0.29, 0.717) is 41.0 Å². The smallest absolute Gasteiger partial charge is 0.226 e. The van der Waals surface area contributed by atoms with Gasteiger partial charge in [-0.2, -0.15) is 5.26 Å². The Kier molecular flexibility index (Phi) is 5.73. The van der Waals surface area contributed by atoms with Crippen molar-refractivity contribution in [3.05, 3.63) is 34.9 Å². The lowest BCUT2D eigenvalue weighted by molar-refractivity contribution is 0.0528. The summed E-state index contributed by atoms with van der Waals surface area (Å²) in [4.78, 5) is 18.8. The van der Waals surface area contributed by atoms with Crippen LogP contribution >= 0.6 is 20.6 Å². The topological polar surface area (TPSA) is 124 Å². The Hall–Kier alpha value is -3.00. The lowest BCUT2D eigenvalue weighted by Gasteiger charge is -2.47. The van der Waals surface area contributed by atoms with Gasteiger partial charge in [0.15, 0.2) is 5.82 Å². The standard InChI is InChI=1S/C26H25FN7O2PS/c27-18-7-30-22(20-14(5-28)25(29)38-24(18)20)19-17-11-36-10-16(17)15-6-31-26(32-21(15)23(19)37)34-8-12(9-34)33-3-1-13(35)2-4-33/h6-7,12-13,35H,1-4,8-11,29,37H2. The van der Waals surface area contributed by atoms with Gasteiger partial charge in [-0.15, -0.1) is 20.6 Å². The summed E-state index contributed by atoms with van der Waals surface area (Å²) < 4.78 is 20.9. The van der Waals surface area contributed by atoms with Crippen molar-refractivity contribution in [2.45, 2.75) is 38.2 Å². The average molecular weight is 550 g/mol. The Morgan fingerprint density at radius 3 is 2.71 bits per heavy atom. The number of anilines is 2. The number of hydrogen-bond donors (Lipinski definition) is 2. The van der Waals surface area contributed by atoms with E-state index in [9.17, 15) is 14.8 Å². The molecule has 1 atom stereocenters. The van der Waals surface area contributed by atoms with Gasteiger partial charge in [0.05, 0.1) is 47.0 Å². The number of piperidine rings is 1. The van der Waals surface area contributed by atoms with Gasteiger partial charge >= 0.3 is 0 Å². The predicted molar refractivity (Wildman–Crippen MR) is 148 cm³/mol. The van der Waals surface area contributed by atoms with Crippen LogP contribution in [0, 0.1) is 17.1 Å². The van der Waals surface area contributed by atoms with Crippen LogP contribution in [0.25, 0.3) is 32.2 Å². The third-order valence-corrected chi connectivity index (χ3v) is 9.58. The minimum absolute atomic E-state index is 0.182. The number of likely N-dealkylation sites (tertiary alicyclic amines) is 1. The highest BCUT2D eigenvalue weighted by atomic mass is 32.1. The normalized spacial score (nSPS) is 18.7. The molecule has 9 nitrogen and oxygen atoms in total. The third-order valence-electron chi connectivity index (χ3n) is 7.99. The fraction of sp³-hybridized carbons (Fsp3) is 0.385. The molecule has 194 valence electrons. The Labute approximate surface area is 224 Å². The van der Waals surface area contributed by atoms with Crippen molar-refractivity contribution in [3.8, 4) is 17.3 Å². The van der Waals surface area contributed by atoms with Gasteiger partial charge in [0.2, 0.25) is 5.95 Å². The number of thiophene rings is 1. The van der Waals surface area contributed by atoms with E-state index in [1.165, 1.54) is 6.20 Å². The highest BCUT2D eigenvalue weighted by Crippen LogP contribution is 2.43. The van der Waals surface area contributed by atoms with E-state index in [-0.39, 0.29) is 16.7 Å². The largest absolute Gasteiger partial charge is 0.393 e. The van der Waals surface area contributed by atoms with Gasteiger partial charge < -0.3 is 20.5 Å². The number of nitrogen functional groups attached to an aromatic ring is 1. The van der Waals surface area contributed by atoms with E-state index in [1.54, 1.807) is 0 Å². The van der Waals surface area contributed by atoms with Crippen LogP contribution in [0.5, 0.6) is 0 Å². The number of benzene rings is 1. The first kappa shape index (κ1) is 24.1. The summed E-state index contributed by atoms with van der Waals surface area (Å²) in [6.45, 7) is 4.31. The highest BCUT2D eigenvalue weighted by Gasteiger charge is 2.35. The maximum Gasteiger partial charge on any atom is 0.226 e. The molecular formula is C26H25FN7O2PS. The number of nitriles is 1. The first-order chi connectivity index (χ1) is 18.4. The quantitative estimate of drug-likeness (QED) is 0.371. The number of nitrogens with zero attached hydrogens (tertiary/aromatic N) is 6. The zero-order chi connectivity index (χ0) is 26.1. The SMILES string of the molecule is N#Cc1c(N)sc2c(F)cnc(-c3c4c(c5cnc(N6CC(N7CCC(O)CC7)C6)nc5c3P)COC4)c12. The van der Waals surface area contributed by atoms with Crippen LogP contribution in [-0.2, 0) is 18.0 Å². The Morgan fingerprint density at radius 2 is 1.95 bits per heavy atom. The molecular weight excluding hydrogens is 524 g/mol. The van der Waals surface area contributed by atoms with Crippen molar-refractivity contribution < 1.29 is 14.2 Å². The number of aromatic nitrogens is 3. The second-order valence-corrected chi connectivity index (χ2v) is 11.7. The highest BCUT2D eigenvalue weighted by molar-refractivity contribution is 7.29. The maximum absolute atomic E-state index is 14.7. The molecule has 1 unspecified atom stereocenters. The number of ether oxygens (including phenoxy) is 1. The summed E-state index contributed by atoms with van der Waals surface area (Å²) >= 11 is 1.06. The summed E-state index contributed by atoms with van der Waals surface area (Å²) in [5.74, 6) is 0.162. The van der Waals surface area contributed by atoms with Crippen LogP contribution in [0.1, 0.15) is 29.5 Å². The van der Waals surface area contributed by atoms with Crippen LogP contribution in [0.4, 0.5) is 15.3 Å². The maximum atomic E-state index is 14.7. The van der Waals surface area contributed by atoms with E-state index in [4.69, 9.17) is 20.4 Å². The summed E-state index contributed by atoms with van der Waals surface area (Å²) in [6, 6.07) is 2.58. The van der Waals surface area contributed by atoms with E-state index < -0.39 is 5.82 Å². The molecule has 4 aromatic rings. The van der Waals surface area contributed by atoms with E-state index in [2.05, 4.69) is 30.1 Å². The van der Waals surface area contributed by atoms with Crippen LogP contribution in [0.15, 0.2) is 12.4 Å². The summed E-state index contributed by atoms with van der Waals surface area (Å²) in [6.07, 6.45) is 4.52. The second-order valence-electron chi connectivity index (χ2n) is 10.1. The molecule has 3 aliphatic heterocycles. The molecule has 6 heterocycles. The lowest BCUT2D eigenvalue weighted by atomic mass is 9.94. The lowest BCUT2D eigenvalue weighted by Crippen LogP contribution is -2.61. The Balaban J connectivity index is 1.33. The number of aliphatic hydroxyl groups excluding tert-OH is 1. The molecule has 2 fully saturated rings. The summed E-state index contributed by atoms with van der Waals surface area (Å²) in [5, 5.41) is 22.1. The minimum Gasteiger partial charge on any atom is -0.393 e. The van der Waals surface area contributed by atoms with Crippen molar-refractivity contribution in [2.24, 2.45) is 0 Å². The minimum atomic E-state index is -0.499. The number of pyridine rings is 1. The molecule has 7 rings (SSSR count). The van der Waals surface area contributed by atoms with Crippen molar-refractivity contribution in [1.82, 2.24) is 19.9 Å². The van der Waals surface area contributed by atoms with E-state index in [0.717, 1.165) is 83.3 Å². The monoisotopic (exact) mass is 549 g/mol. The van der Waals surface area contributed by atoms with Gasteiger partial charge in [0, 0.05) is 60.1 Å². The number of fused-ring (bicyclic) bond motifs is 4. The molecule has 3 aromatic heterocycles. The molecule has 3 N–H and O–H groups in total. The molecule has 2 saturated heterocycles. The summed E-state index contributed by atoms with van der Waals surface area (Å²) in [7, 11) is 2.79. The van der Waals surface area contributed by atoms with Crippen molar-refractivity contribution >= 4 is 57.8 Å². The van der Waals surface area contributed by atoms with Gasteiger partial charge in [-0.3, -0.25) is 9.88 Å². The fourth-order valence-corrected chi connectivity index (χ4v) is 7.34. The molecule has 0 aliphatic carbocycles. The van der Waals surface area contributed by atoms with Gasteiger partial charge in [-0.05, 0) is 24.0 Å². The Morgan fingerprint density at radius 1 is 1.18 bits per heavy atom. The number of nitrogens with two attached hydrogens (primary N) is 1. The molecule has 1 aromatic carbocycles. The van der Waals surface area contributed by atoms with Crippen LogP contribution in [0.2, 0.25) is 0 Å². The average Bonchev–Trinajstić information content (AvgIpc) is 3.50. The molecule has 0 bridgehead atoms. The molecule has 0 amide bonds. The van der Waals surface area contributed by atoms with Crippen molar-refractivity contribution in [2.75, 3.05) is 36.8 Å². The van der Waals surface area contributed by atoms with Gasteiger partial charge in [0.1, 0.15) is 11.1 Å². The van der Waals surface area contributed by atoms with Crippen LogP contribution in [-0.4, -0.2) is 63.3 Å². The fourth-order valence-electron chi connectivity index (χ4n) is 5.88. The van der Waals surface area contributed by atoms with E-state index in [1.807, 2.05) is 6.20 Å². The molecule has 3 aliphatic rings. The number of hydrogen-bond acceptors (Lipinski definition) is 10. The number of rotatable bonds is 3. The Bertz CT molecular complexity index is 1660. The van der Waals surface area contributed by atoms with Crippen molar-refractivity contribution in [3.63, 3.8) is 0 Å². The molecule has 0 radical (unpaired) electrons. The zero-order valence-electron chi connectivity index (χ0n) is 20.4. The van der Waals surface area contributed by atoms with Gasteiger partial charge in [0.25, 0.3) is 0 Å².